The first-order valence-corrected chi connectivity index (χ1v) is 8.06. The largest absolute Gasteiger partial charge is 0.355 e. The van der Waals surface area contributed by atoms with Crippen LogP contribution in [-0.4, -0.2) is 28.6 Å². The van der Waals surface area contributed by atoms with Gasteiger partial charge >= 0.3 is 0 Å². The highest BCUT2D eigenvalue weighted by molar-refractivity contribution is 5.36. The average molecular weight is 290 g/mol. The highest BCUT2D eigenvalue weighted by Gasteiger charge is 2.23. The van der Waals surface area contributed by atoms with Crippen molar-refractivity contribution in [2.24, 2.45) is 5.41 Å². The van der Waals surface area contributed by atoms with Crippen molar-refractivity contribution in [3.8, 4) is 0 Å². The smallest absolute Gasteiger partial charge is 0.147 e. The van der Waals surface area contributed by atoms with Gasteiger partial charge in [0.05, 0.1) is 18.1 Å². The molecule has 21 heavy (non-hydrogen) atoms. The lowest BCUT2D eigenvalue weighted by atomic mass is 9.85. The van der Waals surface area contributed by atoms with Gasteiger partial charge in [-0.2, -0.15) is 0 Å². The number of nitrogens with zero attached hydrogens (tertiary/aromatic N) is 3. The van der Waals surface area contributed by atoms with Crippen LogP contribution in [0.1, 0.15) is 59.6 Å². The summed E-state index contributed by atoms with van der Waals surface area (Å²) in [4.78, 5) is 11.6. The van der Waals surface area contributed by atoms with Gasteiger partial charge in [0.1, 0.15) is 5.82 Å². The van der Waals surface area contributed by atoms with Crippen molar-refractivity contribution in [2.45, 2.75) is 66.0 Å². The van der Waals surface area contributed by atoms with E-state index >= 15 is 0 Å². The minimum atomic E-state index is 0.108. The molecule has 1 saturated heterocycles. The maximum atomic E-state index is 4.62. The molecule has 1 N–H and O–H groups in total. The van der Waals surface area contributed by atoms with E-state index in [9.17, 15) is 0 Å². The van der Waals surface area contributed by atoms with Crippen LogP contribution in [0.3, 0.4) is 0 Å². The molecule has 0 aromatic carbocycles. The summed E-state index contributed by atoms with van der Waals surface area (Å²) >= 11 is 0. The van der Waals surface area contributed by atoms with Gasteiger partial charge in [-0.15, -0.1) is 0 Å². The molecule has 118 valence electrons. The van der Waals surface area contributed by atoms with E-state index in [0.29, 0.717) is 5.41 Å². The van der Waals surface area contributed by atoms with E-state index in [1.165, 1.54) is 19.3 Å². The number of aromatic nitrogens is 2. The van der Waals surface area contributed by atoms with Crippen LogP contribution in [0.25, 0.3) is 0 Å². The maximum Gasteiger partial charge on any atom is 0.147 e. The lowest BCUT2D eigenvalue weighted by Gasteiger charge is -2.24. The second kappa shape index (κ2) is 6.30. The summed E-state index contributed by atoms with van der Waals surface area (Å²) in [5.74, 6) is 1.02. The molecular formula is C17H30N4. The zero-order valence-corrected chi connectivity index (χ0v) is 14.2. The Balaban J connectivity index is 1.95. The molecule has 2 rings (SSSR count). The first-order chi connectivity index (χ1) is 9.75. The predicted molar refractivity (Wildman–Crippen MR) is 88.5 cm³/mol. The Bertz CT molecular complexity index is 445. The predicted octanol–water partition coefficient (Wildman–Crippen LogP) is 3.38. The van der Waals surface area contributed by atoms with Crippen LogP contribution in [0, 0.1) is 5.41 Å². The molecule has 0 atom stereocenters. The third kappa shape index (κ3) is 5.27. The van der Waals surface area contributed by atoms with Gasteiger partial charge in [0.15, 0.2) is 0 Å². The highest BCUT2D eigenvalue weighted by atomic mass is 15.2. The number of hydrogen-bond acceptors (Lipinski definition) is 4. The number of nitrogens with one attached hydrogen (secondary N) is 1. The fourth-order valence-corrected chi connectivity index (χ4v) is 2.61. The first-order valence-electron chi connectivity index (χ1n) is 8.06. The summed E-state index contributed by atoms with van der Waals surface area (Å²) in [6, 6.07) is 0. The lowest BCUT2D eigenvalue weighted by molar-refractivity contribution is 0.325. The quantitative estimate of drug-likeness (QED) is 0.926. The van der Waals surface area contributed by atoms with E-state index in [1.807, 2.05) is 12.4 Å². The molecule has 4 heteroatoms. The summed E-state index contributed by atoms with van der Waals surface area (Å²) in [5.41, 5.74) is 1.57. The first kappa shape index (κ1) is 16.2. The Morgan fingerprint density at radius 3 is 2.52 bits per heavy atom. The zero-order chi connectivity index (χ0) is 15.5. The molecule has 0 amide bonds. The van der Waals surface area contributed by atoms with E-state index in [0.717, 1.165) is 31.1 Å². The van der Waals surface area contributed by atoms with E-state index in [1.54, 1.807) is 0 Å². The second-order valence-corrected chi connectivity index (χ2v) is 7.97. The molecule has 2 heterocycles. The molecule has 0 unspecified atom stereocenters. The van der Waals surface area contributed by atoms with E-state index in [-0.39, 0.29) is 5.54 Å². The molecule has 1 aromatic rings. The monoisotopic (exact) mass is 290 g/mol. The third-order valence-corrected chi connectivity index (χ3v) is 4.16. The van der Waals surface area contributed by atoms with Crippen molar-refractivity contribution in [1.82, 2.24) is 15.3 Å². The van der Waals surface area contributed by atoms with Gasteiger partial charge in [0.25, 0.3) is 0 Å². The zero-order valence-electron chi connectivity index (χ0n) is 14.2. The molecule has 0 bridgehead atoms. The van der Waals surface area contributed by atoms with Gasteiger partial charge in [-0.1, -0.05) is 13.8 Å². The van der Waals surface area contributed by atoms with Crippen LogP contribution in [0.4, 0.5) is 5.82 Å². The normalized spacial score (nSPS) is 19.4. The van der Waals surface area contributed by atoms with E-state index < -0.39 is 0 Å². The topological polar surface area (TPSA) is 41.1 Å². The van der Waals surface area contributed by atoms with Crippen LogP contribution < -0.4 is 10.2 Å². The molecule has 4 nitrogen and oxygen atoms in total. The minimum absolute atomic E-state index is 0.108. The fourth-order valence-electron chi connectivity index (χ4n) is 2.61. The molecule has 1 aliphatic rings. The molecule has 0 spiro atoms. The third-order valence-electron chi connectivity index (χ3n) is 4.16. The number of hydrogen-bond donors (Lipinski definition) is 1. The molecule has 1 fully saturated rings. The summed E-state index contributed by atoms with van der Waals surface area (Å²) in [6.07, 6.45) is 7.59. The summed E-state index contributed by atoms with van der Waals surface area (Å²) < 4.78 is 0. The standard InChI is InChI=1S/C17H30N4/c1-16(2,3)20-12-14-11-19-15(13-18-14)21-9-6-7-17(4,5)8-10-21/h11,13,20H,6-10,12H2,1-5H3. The molecule has 0 saturated carbocycles. The van der Waals surface area contributed by atoms with Crippen molar-refractivity contribution >= 4 is 5.82 Å². The number of anilines is 1. The molecular weight excluding hydrogens is 260 g/mol. The van der Waals surface area contributed by atoms with Gasteiger partial charge in [0.2, 0.25) is 0 Å². The average Bonchev–Trinajstić information content (AvgIpc) is 2.57. The SMILES string of the molecule is CC1(C)CCCN(c2cnc(CNC(C)(C)C)cn2)CC1. The van der Waals surface area contributed by atoms with Crippen molar-refractivity contribution in [1.29, 1.82) is 0 Å². The van der Waals surface area contributed by atoms with Gasteiger partial charge in [-0.3, -0.25) is 4.98 Å². The van der Waals surface area contributed by atoms with Crippen LogP contribution in [-0.2, 0) is 6.54 Å². The Hall–Kier alpha value is -1.16. The van der Waals surface area contributed by atoms with Crippen molar-refractivity contribution in [3.63, 3.8) is 0 Å². The summed E-state index contributed by atoms with van der Waals surface area (Å²) in [5, 5.41) is 3.44. The van der Waals surface area contributed by atoms with Gasteiger partial charge in [0, 0.05) is 25.2 Å². The molecule has 1 aliphatic heterocycles. The van der Waals surface area contributed by atoms with Gasteiger partial charge in [-0.25, -0.2) is 4.98 Å². The highest BCUT2D eigenvalue weighted by Crippen LogP contribution is 2.30. The van der Waals surface area contributed by atoms with Crippen LogP contribution in [0.2, 0.25) is 0 Å². The lowest BCUT2D eigenvalue weighted by Crippen LogP contribution is -2.35. The van der Waals surface area contributed by atoms with Crippen LogP contribution in [0.15, 0.2) is 12.4 Å². The van der Waals surface area contributed by atoms with E-state index in [2.05, 4.69) is 54.8 Å². The van der Waals surface area contributed by atoms with Crippen LogP contribution in [0.5, 0.6) is 0 Å². The Morgan fingerprint density at radius 2 is 1.90 bits per heavy atom. The second-order valence-electron chi connectivity index (χ2n) is 7.97. The Morgan fingerprint density at radius 1 is 1.14 bits per heavy atom. The Labute approximate surface area is 129 Å². The van der Waals surface area contributed by atoms with E-state index in [4.69, 9.17) is 0 Å². The van der Waals surface area contributed by atoms with Crippen LogP contribution >= 0.6 is 0 Å². The van der Waals surface area contributed by atoms with Gasteiger partial charge in [-0.05, 0) is 45.4 Å². The summed E-state index contributed by atoms with van der Waals surface area (Å²) in [7, 11) is 0. The minimum Gasteiger partial charge on any atom is -0.355 e. The molecule has 0 aliphatic carbocycles. The molecule has 1 aromatic heterocycles. The number of rotatable bonds is 3. The van der Waals surface area contributed by atoms with Crippen molar-refractivity contribution in [2.75, 3.05) is 18.0 Å². The van der Waals surface area contributed by atoms with Crippen molar-refractivity contribution < 1.29 is 0 Å². The Kier molecular flexibility index (Phi) is 4.87. The van der Waals surface area contributed by atoms with Crippen molar-refractivity contribution in [3.05, 3.63) is 18.1 Å². The van der Waals surface area contributed by atoms with Gasteiger partial charge < -0.3 is 10.2 Å². The molecule has 0 radical (unpaired) electrons. The fraction of sp³-hybridized carbons (Fsp3) is 0.765. The maximum absolute atomic E-state index is 4.62. The summed E-state index contributed by atoms with van der Waals surface area (Å²) in [6.45, 7) is 14.2.